The molecule has 2 heteroatoms. The lowest BCUT2D eigenvalue weighted by molar-refractivity contribution is -0.135. The summed E-state index contributed by atoms with van der Waals surface area (Å²) < 4.78 is 4.96. The molecule has 13 heavy (non-hydrogen) atoms. The van der Waals surface area contributed by atoms with Crippen LogP contribution in [0.1, 0.15) is 33.1 Å². The van der Waals surface area contributed by atoms with Crippen molar-refractivity contribution in [2.24, 2.45) is 11.8 Å². The number of hydrogen-bond donors (Lipinski definition) is 0. The van der Waals surface area contributed by atoms with Crippen molar-refractivity contribution in [3.05, 3.63) is 12.2 Å². The molecule has 0 aromatic carbocycles. The van der Waals surface area contributed by atoms with Gasteiger partial charge in [-0.05, 0) is 38.0 Å². The molecule has 0 aromatic heterocycles. The van der Waals surface area contributed by atoms with Crippen molar-refractivity contribution in [2.45, 2.75) is 39.2 Å². The van der Waals surface area contributed by atoms with Crippen LogP contribution in [0.4, 0.5) is 0 Å². The highest BCUT2D eigenvalue weighted by atomic mass is 16.5. The Morgan fingerprint density at radius 2 is 2.31 bits per heavy atom. The quantitative estimate of drug-likeness (QED) is 0.495. The number of carbonyl (C=O) groups is 1. The van der Waals surface area contributed by atoms with Gasteiger partial charge in [-0.15, -0.1) is 0 Å². The number of ether oxygens (including phenoxy) is 1. The fraction of sp³-hybridized carbons (Fsp3) is 0.727. The minimum absolute atomic E-state index is 0.0389. The van der Waals surface area contributed by atoms with E-state index in [0.29, 0.717) is 18.3 Å². The predicted octanol–water partition coefficient (Wildman–Crippen LogP) is 2.54. The summed E-state index contributed by atoms with van der Waals surface area (Å²) in [7, 11) is 0. The lowest BCUT2D eigenvalue weighted by atomic mass is 9.78. The van der Waals surface area contributed by atoms with E-state index in [1.807, 2.05) is 6.92 Å². The molecule has 1 rings (SSSR count). The molecule has 0 saturated heterocycles. The highest BCUT2D eigenvalue weighted by Gasteiger charge is 2.26. The summed E-state index contributed by atoms with van der Waals surface area (Å²) in [6, 6.07) is 0. The largest absolute Gasteiger partial charge is 0.465 e. The molecular weight excluding hydrogens is 164 g/mol. The van der Waals surface area contributed by atoms with E-state index in [2.05, 4.69) is 13.5 Å². The zero-order chi connectivity index (χ0) is 9.84. The standard InChI is InChI=1S/C11H18O2/c1-8-4-9(2)6-11(5-8)10(3)13-7-12/h7,9-11H,1,4-6H2,2-3H3. The molecule has 0 aliphatic heterocycles. The number of hydrogen-bond acceptors (Lipinski definition) is 2. The van der Waals surface area contributed by atoms with Crippen molar-refractivity contribution in [3.63, 3.8) is 0 Å². The maximum atomic E-state index is 10.2. The van der Waals surface area contributed by atoms with Crippen molar-refractivity contribution < 1.29 is 9.53 Å². The van der Waals surface area contributed by atoms with E-state index < -0.39 is 0 Å². The smallest absolute Gasteiger partial charge is 0.293 e. The lowest BCUT2D eigenvalue weighted by Crippen LogP contribution is -2.26. The topological polar surface area (TPSA) is 26.3 Å². The highest BCUT2D eigenvalue weighted by Crippen LogP contribution is 2.34. The fourth-order valence-electron chi connectivity index (χ4n) is 2.19. The summed E-state index contributed by atoms with van der Waals surface area (Å²) in [4.78, 5) is 10.2. The van der Waals surface area contributed by atoms with Crippen molar-refractivity contribution in [1.82, 2.24) is 0 Å². The minimum Gasteiger partial charge on any atom is -0.465 e. The molecule has 0 amide bonds. The fourth-order valence-corrected chi connectivity index (χ4v) is 2.19. The molecule has 74 valence electrons. The average molecular weight is 182 g/mol. The maximum absolute atomic E-state index is 10.2. The predicted molar refractivity (Wildman–Crippen MR) is 52.3 cm³/mol. The van der Waals surface area contributed by atoms with Gasteiger partial charge in [-0.25, -0.2) is 0 Å². The van der Waals surface area contributed by atoms with Gasteiger partial charge in [0.25, 0.3) is 6.47 Å². The molecule has 0 radical (unpaired) electrons. The summed E-state index contributed by atoms with van der Waals surface area (Å²) in [6.45, 7) is 8.75. The van der Waals surface area contributed by atoms with Crippen LogP contribution in [0, 0.1) is 11.8 Å². The summed E-state index contributed by atoms with van der Waals surface area (Å²) in [5.74, 6) is 1.16. The molecule has 0 heterocycles. The van der Waals surface area contributed by atoms with Crippen LogP contribution in [-0.2, 0) is 9.53 Å². The molecule has 0 N–H and O–H groups in total. The van der Waals surface area contributed by atoms with E-state index in [1.165, 1.54) is 5.57 Å². The Morgan fingerprint density at radius 1 is 1.62 bits per heavy atom. The minimum atomic E-state index is 0.0389. The molecule has 1 saturated carbocycles. The van der Waals surface area contributed by atoms with Crippen molar-refractivity contribution in [2.75, 3.05) is 0 Å². The van der Waals surface area contributed by atoms with E-state index in [4.69, 9.17) is 4.74 Å². The van der Waals surface area contributed by atoms with Gasteiger partial charge < -0.3 is 4.74 Å². The first-order chi connectivity index (χ1) is 6.13. The summed E-state index contributed by atoms with van der Waals surface area (Å²) in [5.41, 5.74) is 1.30. The van der Waals surface area contributed by atoms with Crippen LogP contribution in [-0.4, -0.2) is 12.6 Å². The first kappa shape index (κ1) is 10.3. The van der Waals surface area contributed by atoms with Crippen LogP contribution in [0.5, 0.6) is 0 Å². The van der Waals surface area contributed by atoms with Gasteiger partial charge in [0.15, 0.2) is 0 Å². The van der Waals surface area contributed by atoms with E-state index in [0.717, 1.165) is 19.3 Å². The second kappa shape index (κ2) is 4.45. The van der Waals surface area contributed by atoms with Crippen molar-refractivity contribution in [1.29, 1.82) is 0 Å². The second-order valence-electron chi connectivity index (χ2n) is 4.20. The lowest BCUT2D eigenvalue weighted by Gasteiger charge is -2.31. The number of allylic oxidation sites excluding steroid dienone is 1. The normalized spacial score (nSPS) is 31.1. The summed E-state index contributed by atoms with van der Waals surface area (Å²) in [6.07, 6.45) is 3.33. The van der Waals surface area contributed by atoms with E-state index in [9.17, 15) is 4.79 Å². The van der Waals surface area contributed by atoms with Gasteiger partial charge in [0.05, 0.1) is 0 Å². The third-order valence-corrected chi connectivity index (χ3v) is 2.83. The van der Waals surface area contributed by atoms with Gasteiger partial charge in [-0.1, -0.05) is 19.1 Å². The van der Waals surface area contributed by atoms with Crippen molar-refractivity contribution >= 4 is 6.47 Å². The number of rotatable bonds is 3. The van der Waals surface area contributed by atoms with Gasteiger partial charge >= 0.3 is 0 Å². The van der Waals surface area contributed by atoms with Crippen molar-refractivity contribution in [3.8, 4) is 0 Å². The third kappa shape index (κ3) is 2.87. The van der Waals surface area contributed by atoms with Gasteiger partial charge in [0, 0.05) is 0 Å². The maximum Gasteiger partial charge on any atom is 0.293 e. The van der Waals surface area contributed by atoms with Crippen LogP contribution in [0.3, 0.4) is 0 Å². The van der Waals surface area contributed by atoms with E-state index in [-0.39, 0.29) is 6.10 Å². The van der Waals surface area contributed by atoms with Gasteiger partial charge in [0.2, 0.25) is 0 Å². The first-order valence-electron chi connectivity index (χ1n) is 4.89. The van der Waals surface area contributed by atoms with Gasteiger partial charge in [-0.3, -0.25) is 4.79 Å². The molecule has 0 bridgehead atoms. The van der Waals surface area contributed by atoms with Gasteiger partial charge in [0.1, 0.15) is 6.10 Å². The third-order valence-electron chi connectivity index (χ3n) is 2.83. The molecule has 3 atom stereocenters. The average Bonchev–Trinajstić information content (AvgIpc) is 2.03. The molecule has 1 fully saturated rings. The first-order valence-corrected chi connectivity index (χ1v) is 4.89. The Kier molecular flexibility index (Phi) is 3.52. The Hall–Kier alpha value is -0.790. The van der Waals surface area contributed by atoms with Crippen LogP contribution in [0.15, 0.2) is 12.2 Å². The Morgan fingerprint density at radius 3 is 2.85 bits per heavy atom. The zero-order valence-electron chi connectivity index (χ0n) is 8.45. The summed E-state index contributed by atoms with van der Waals surface area (Å²) in [5, 5.41) is 0. The van der Waals surface area contributed by atoms with Crippen LogP contribution in [0.25, 0.3) is 0 Å². The second-order valence-corrected chi connectivity index (χ2v) is 4.20. The Labute approximate surface area is 80.0 Å². The SMILES string of the molecule is C=C1CC(C)CC(C(C)OC=O)C1. The van der Waals surface area contributed by atoms with Crippen LogP contribution in [0.2, 0.25) is 0 Å². The summed E-state index contributed by atoms with van der Waals surface area (Å²) >= 11 is 0. The highest BCUT2D eigenvalue weighted by molar-refractivity contribution is 5.37. The van der Waals surface area contributed by atoms with Gasteiger partial charge in [-0.2, -0.15) is 0 Å². The molecule has 1 aliphatic rings. The van der Waals surface area contributed by atoms with E-state index >= 15 is 0 Å². The Balaban J connectivity index is 2.49. The van der Waals surface area contributed by atoms with Crippen LogP contribution < -0.4 is 0 Å². The number of carbonyl (C=O) groups excluding carboxylic acids is 1. The molecule has 0 spiro atoms. The molecule has 1 aliphatic carbocycles. The monoisotopic (exact) mass is 182 g/mol. The molecular formula is C11H18O2. The Bertz CT molecular complexity index is 198. The van der Waals surface area contributed by atoms with Crippen LogP contribution >= 0.6 is 0 Å². The molecule has 2 nitrogen and oxygen atoms in total. The zero-order valence-corrected chi connectivity index (χ0v) is 8.45. The van der Waals surface area contributed by atoms with E-state index in [1.54, 1.807) is 0 Å². The molecule has 0 aromatic rings. The molecule has 3 unspecified atom stereocenters.